The molecule has 0 atom stereocenters. The zero-order valence-corrected chi connectivity index (χ0v) is 14.7. The van der Waals surface area contributed by atoms with Crippen molar-refractivity contribution in [1.82, 2.24) is 0 Å². The number of halogens is 2. The molecule has 0 aromatic heterocycles. The van der Waals surface area contributed by atoms with Crippen LogP contribution >= 0.6 is 27.5 Å². The van der Waals surface area contributed by atoms with Gasteiger partial charge in [-0.2, -0.15) is 0 Å². The summed E-state index contributed by atoms with van der Waals surface area (Å²) in [5.74, 6) is -0.354. The molecule has 2 rings (SSSR count). The summed E-state index contributed by atoms with van der Waals surface area (Å²) < 4.78 is 10.4. The third-order valence-electron chi connectivity index (χ3n) is 3.05. The molecule has 0 radical (unpaired) electrons. The number of rotatable bonds is 4. The highest BCUT2D eigenvalue weighted by Crippen LogP contribution is 2.27. The van der Waals surface area contributed by atoms with E-state index < -0.39 is 5.97 Å². The Hall–Kier alpha value is -2.05. The van der Waals surface area contributed by atoms with Crippen LogP contribution < -0.4 is 10.1 Å². The van der Waals surface area contributed by atoms with Crippen molar-refractivity contribution >= 4 is 45.1 Å². The number of hydrogen-bond donors (Lipinski definition) is 1. The summed E-state index contributed by atoms with van der Waals surface area (Å²) >= 11 is 9.39. The minimum absolute atomic E-state index is 0.289. The highest BCUT2D eigenvalue weighted by Gasteiger charge is 2.15. The van der Waals surface area contributed by atoms with Crippen LogP contribution in [0, 0.1) is 0 Å². The second-order valence-electron chi connectivity index (χ2n) is 4.49. The third kappa shape index (κ3) is 4.03. The molecule has 1 amide bonds. The van der Waals surface area contributed by atoms with E-state index in [9.17, 15) is 9.59 Å². The van der Waals surface area contributed by atoms with Crippen LogP contribution in [0.1, 0.15) is 20.7 Å². The maximum atomic E-state index is 12.4. The van der Waals surface area contributed by atoms with Gasteiger partial charge in [-0.3, -0.25) is 4.79 Å². The van der Waals surface area contributed by atoms with Gasteiger partial charge in [0.1, 0.15) is 5.75 Å². The highest BCUT2D eigenvalue weighted by atomic mass is 79.9. The van der Waals surface area contributed by atoms with E-state index in [0.29, 0.717) is 26.5 Å². The zero-order chi connectivity index (χ0) is 17.0. The van der Waals surface area contributed by atoms with Crippen LogP contribution in [0.3, 0.4) is 0 Å². The van der Waals surface area contributed by atoms with Gasteiger partial charge in [-0.25, -0.2) is 4.79 Å². The van der Waals surface area contributed by atoms with Crippen molar-refractivity contribution in [3.63, 3.8) is 0 Å². The predicted octanol–water partition coefficient (Wildman–Crippen LogP) is 4.15. The molecular formula is C16H13BrClNO4. The monoisotopic (exact) mass is 397 g/mol. The van der Waals surface area contributed by atoms with E-state index >= 15 is 0 Å². The van der Waals surface area contributed by atoms with E-state index in [2.05, 4.69) is 26.0 Å². The molecule has 1 N–H and O–H groups in total. The normalized spacial score (nSPS) is 10.1. The van der Waals surface area contributed by atoms with Crippen LogP contribution in [0.4, 0.5) is 5.69 Å². The number of nitrogens with one attached hydrogen (secondary N) is 1. The van der Waals surface area contributed by atoms with Crippen molar-refractivity contribution in [2.75, 3.05) is 19.5 Å². The van der Waals surface area contributed by atoms with E-state index in [-0.39, 0.29) is 11.5 Å². The summed E-state index contributed by atoms with van der Waals surface area (Å²) in [6, 6.07) is 9.53. The van der Waals surface area contributed by atoms with Gasteiger partial charge in [-0.15, -0.1) is 0 Å². The van der Waals surface area contributed by atoms with E-state index in [0.717, 1.165) is 0 Å². The summed E-state index contributed by atoms with van der Waals surface area (Å²) in [4.78, 5) is 24.0. The van der Waals surface area contributed by atoms with E-state index in [1.54, 1.807) is 18.2 Å². The smallest absolute Gasteiger partial charge is 0.337 e. The first-order valence-electron chi connectivity index (χ1n) is 6.49. The van der Waals surface area contributed by atoms with Gasteiger partial charge in [0.2, 0.25) is 0 Å². The van der Waals surface area contributed by atoms with Crippen LogP contribution in [-0.2, 0) is 4.74 Å². The van der Waals surface area contributed by atoms with Gasteiger partial charge in [0.05, 0.1) is 36.1 Å². The Labute approximate surface area is 146 Å². The molecule has 0 fully saturated rings. The lowest BCUT2D eigenvalue weighted by molar-refractivity contribution is 0.0600. The average molecular weight is 399 g/mol. The number of amides is 1. The molecule has 0 unspecified atom stereocenters. The quantitative estimate of drug-likeness (QED) is 0.786. The molecule has 0 aliphatic rings. The summed E-state index contributed by atoms with van der Waals surface area (Å²) in [5.41, 5.74) is 0.982. The Morgan fingerprint density at radius 2 is 1.87 bits per heavy atom. The van der Waals surface area contributed by atoms with Crippen LogP contribution in [-0.4, -0.2) is 26.1 Å². The molecule has 5 nitrogen and oxygen atoms in total. The highest BCUT2D eigenvalue weighted by molar-refractivity contribution is 9.10. The summed E-state index contributed by atoms with van der Waals surface area (Å²) in [6.07, 6.45) is 0. The number of carbonyl (C=O) groups excluding carboxylic acids is 2. The summed E-state index contributed by atoms with van der Waals surface area (Å²) in [7, 11) is 2.80. The predicted molar refractivity (Wildman–Crippen MR) is 91.4 cm³/mol. The number of carbonyl (C=O) groups is 2. The second kappa shape index (κ2) is 7.48. The minimum Gasteiger partial charge on any atom is -0.497 e. The Morgan fingerprint density at radius 1 is 1.13 bits per heavy atom. The van der Waals surface area contributed by atoms with E-state index in [4.69, 9.17) is 16.3 Å². The molecule has 0 heterocycles. The SMILES string of the molecule is COC(=O)c1ccc(Cl)c(NC(=O)c2cc(OC)ccc2Br)c1. The number of ether oxygens (including phenoxy) is 2. The fourth-order valence-electron chi connectivity index (χ4n) is 1.86. The first-order chi connectivity index (χ1) is 11.0. The van der Waals surface area contributed by atoms with Crippen molar-refractivity contribution in [3.05, 3.63) is 57.0 Å². The van der Waals surface area contributed by atoms with Gasteiger partial charge in [0, 0.05) is 4.47 Å². The second-order valence-corrected chi connectivity index (χ2v) is 5.75. The van der Waals surface area contributed by atoms with Crippen molar-refractivity contribution in [2.45, 2.75) is 0 Å². The van der Waals surface area contributed by atoms with Crippen LogP contribution in [0.15, 0.2) is 40.9 Å². The number of anilines is 1. The maximum absolute atomic E-state index is 12.4. The van der Waals surface area contributed by atoms with Crippen molar-refractivity contribution in [3.8, 4) is 5.75 Å². The molecule has 0 saturated carbocycles. The van der Waals surface area contributed by atoms with Crippen LogP contribution in [0.25, 0.3) is 0 Å². The molecule has 23 heavy (non-hydrogen) atoms. The van der Waals surface area contributed by atoms with Crippen molar-refractivity contribution in [2.24, 2.45) is 0 Å². The lowest BCUT2D eigenvalue weighted by Crippen LogP contribution is -2.14. The Kier molecular flexibility index (Phi) is 5.63. The Bertz CT molecular complexity index is 764. The van der Waals surface area contributed by atoms with Gasteiger partial charge >= 0.3 is 5.97 Å². The largest absolute Gasteiger partial charge is 0.497 e. The maximum Gasteiger partial charge on any atom is 0.337 e. The lowest BCUT2D eigenvalue weighted by atomic mass is 10.1. The molecule has 2 aromatic rings. The van der Waals surface area contributed by atoms with Crippen molar-refractivity contribution < 1.29 is 19.1 Å². The average Bonchev–Trinajstić information content (AvgIpc) is 2.56. The first-order valence-corrected chi connectivity index (χ1v) is 7.66. The lowest BCUT2D eigenvalue weighted by Gasteiger charge is -2.11. The Balaban J connectivity index is 2.32. The van der Waals surface area contributed by atoms with Crippen LogP contribution in [0.2, 0.25) is 5.02 Å². The van der Waals surface area contributed by atoms with E-state index in [1.165, 1.54) is 32.4 Å². The molecule has 0 saturated heterocycles. The molecule has 7 heteroatoms. The first kappa shape index (κ1) is 17.3. The van der Waals surface area contributed by atoms with Gasteiger partial charge in [0.15, 0.2) is 0 Å². The zero-order valence-electron chi connectivity index (χ0n) is 12.4. The molecule has 0 bridgehead atoms. The molecule has 2 aromatic carbocycles. The molecule has 0 aliphatic carbocycles. The van der Waals surface area contributed by atoms with Gasteiger partial charge in [-0.05, 0) is 52.3 Å². The topological polar surface area (TPSA) is 64.6 Å². The number of benzene rings is 2. The van der Waals surface area contributed by atoms with E-state index in [1.807, 2.05) is 0 Å². The number of esters is 1. The van der Waals surface area contributed by atoms with Crippen LogP contribution in [0.5, 0.6) is 5.75 Å². The Morgan fingerprint density at radius 3 is 2.52 bits per heavy atom. The number of methoxy groups -OCH3 is 2. The van der Waals surface area contributed by atoms with Crippen molar-refractivity contribution in [1.29, 1.82) is 0 Å². The summed E-state index contributed by atoms with van der Waals surface area (Å²) in [6.45, 7) is 0. The molecule has 120 valence electrons. The fraction of sp³-hybridized carbons (Fsp3) is 0.125. The minimum atomic E-state index is -0.514. The van der Waals surface area contributed by atoms with Gasteiger partial charge in [0.25, 0.3) is 5.91 Å². The van der Waals surface area contributed by atoms with Gasteiger partial charge in [-0.1, -0.05) is 11.6 Å². The number of hydrogen-bond acceptors (Lipinski definition) is 4. The third-order valence-corrected chi connectivity index (χ3v) is 4.07. The standard InChI is InChI=1S/C16H13BrClNO4/c1-22-10-4-5-12(17)11(8-10)15(20)19-14-7-9(16(21)23-2)3-6-13(14)18/h3-8H,1-2H3,(H,19,20). The summed E-state index contributed by atoms with van der Waals surface area (Å²) in [5, 5.41) is 2.98. The molecule has 0 spiro atoms. The fourth-order valence-corrected chi connectivity index (χ4v) is 2.45. The molecule has 0 aliphatic heterocycles. The molecular weight excluding hydrogens is 386 g/mol. The van der Waals surface area contributed by atoms with Gasteiger partial charge < -0.3 is 14.8 Å².